The van der Waals surface area contributed by atoms with E-state index in [1.807, 2.05) is 13.0 Å². The van der Waals surface area contributed by atoms with Crippen molar-refractivity contribution in [3.8, 4) is 0 Å². The molecule has 1 aromatic carbocycles. The van der Waals surface area contributed by atoms with Crippen LogP contribution >= 0.6 is 11.6 Å². The van der Waals surface area contributed by atoms with E-state index in [0.29, 0.717) is 0 Å². The highest BCUT2D eigenvalue weighted by Gasteiger charge is 2.19. The van der Waals surface area contributed by atoms with Gasteiger partial charge in [0.2, 0.25) is 0 Å². The molecule has 0 bridgehead atoms. The largest absolute Gasteiger partial charge is 0.385 e. The van der Waals surface area contributed by atoms with Crippen LogP contribution in [0.5, 0.6) is 0 Å². The summed E-state index contributed by atoms with van der Waals surface area (Å²) in [5.41, 5.74) is 2.28. The Morgan fingerprint density at radius 3 is 2.56 bits per heavy atom. The zero-order chi connectivity index (χ0) is 13.0. The molecule has 0 amide bonds. The lowest BCUT2D eigenvalue weighted by Gasteiger charge is -2.28. The van der Waals surface area contributed by atoms with Crippen molar-refractivity contribution in [2.75, 3.05) is 18.9 Å². The Labute approximate surface area is 115 Å². The van der Waals surface area contributed by atoms with E-state index in [1.54, 1.807) is 0 Å². The van der Waals surface area contributed by atoms with Crippen LogP contribution in [-0.4, -0.2) is 19.6 Å². The number of halogens is 1. The lowest BCUT2D eigenvalue weighted by molar-refractivity contribution is 0.312. The van der Waals surface area contributed by atoms with Crippen molar-refractivity contribution < 1.29 is 0 Å². The molecule has 1 aromatic rings. The first-order valence-electron chi connectivity index (χ1n) is 6.86. The van der Waals surface area contributed by atoms with Crippen LogP contribution in [0.15, 0.2) is 18.2 Å². The fourth-order valence-corrected chi connectivity index (χ4v) is 2.80. The Morgan fingerprint density at radius 1 is 1.22 bits per heavy atom. The third-order valence-electron chi connectivity index (χ3n) is 4.02. The SMILES string of the molecule is CNC1CCC(CNc2ccc(C)c(Cl)c2)CC1. The van der Waals surface area contributed by atoms with Crippen LogP contribution in [0.25, 0.3) is 0 Å². The van der Waals surface area contributed by atoms with Crippen molar-refractivity contribution in [1.29, 1.82) is 0 Å². The lowest BCUT2D eigenvalue weighted by Crippen LogP contribution is -2.32. The van der Waals surface area contributed by atoms with E-state index in [4.69, 9.17) is 11.6 Å². The summed E-state index contributed by atoms with van der Waals surface area (Å²) in [5, 5.41) is 7.73. The second-order valence-electron chi connectivity index (χ2n) is 5.35. The van der Waals surface area contributed by atoms with Gasteiger partial charge in [0.25, 0.3) is 0 Å². The highest BCUT2D eigenvalue weighted by Crippen LogP contribution is 2.25. The van der Waals surface area contributed by atoms with Crippen molar-refractivity contribution in [1.82, 2.24) is 5.32 Å². The van der Waals surface area contributed by atoms with E-state index in [2.05, 4.69) is 29.8 Å². The van der Waals surface area contributed by atoms with Crippen LogP contribution in [0.1, 0.15) is 31.2 Å². The molecule has 0 unspecified atom stereocenters. The summed E-state index contributed by atoms with van der Waals surface area (Å²) in [6.07, 6.45) is 5.24. The second kappa shape index (κ2) is 6.44. The highest BCUT2D eigenvalue weighted by molar-refractivity contribution is 6.31. The maximum absolute atomic E-state index is 6.12. The molecule has 0 aliphatic heterocycles. The molecule has 1 aliphatic rings. The first-order valence-corrected chi connectivity index (χ1v) is 7.24. The topological polar surface area (TPSA) is 24.1 Å². The Balaban J connectivity index is 1.79. The van der Waals surface area contributed by atoms with Crippen molar-refractivity contribution in [2.24, 2.45) is 5.92 Å². The number of hydrogen-bond donors (Lipinski definition) is 2. The standard InChI is InChI=1S/C15H23ClN2/c1-11-3-6-14(9-15(11)16)18-10-12-4-7-13(17-2)8-5-12/h3,6,9,12-13,17-18H,4-5,7-8,10H2,1-2H3. The number of rotatable bonds is 4. The van der Waals surface area contributed by atoms with Gasteiger partial charge in [0.15, 0.2) is 0 Å². The van der Waals surface area contributed by atoms with Gasteiger partial charge in [0, 0.05) is 23.3 Å². The van der Waals surface area contributed by atoms with Crippen LogP contribution in [0, 0.1) is 12.8 Å². The quantitative estimate of drug-likeness (QED) is 0.865. The predicted octanol–water partition coefficient (Wildman–Crippen LogP) is 3.84. The molecule has 18 heavy (non-hydrogen) atoms. The van der Waals surface area contributed by atoms with Gasteiger partial charge in [-0.05, 0) is 63.3 Å². The molecule has 1 aliphatic carbocycles. The predicted molar refractivity (Wildman–Crippen MR) is 79.5 cm³/mol. The molecule has 0 atom stereocenters. The van der Waals surface area contributed by atoms with Gasteiger partial charge >= 0.3 is 0 Å². The number of aryl methyl sites for hydroxylation is 1. The molecule has 2 nitrogen and oxygen atoms in total. The Morgan fingerprint density at radius 2 is 1.94 bits per heavy atom. The molecule has 0 aromatic heterocycles. The van der Waals surface area contributed by atoms with Crippen molar-refractivity contribution in [2.45, 2.75) is 38.6 Å². The maximum atomic E-state index is 6.12. The highest BCUT2D eigenvalue weighted by atomic mass is 35.5. The Kier molecular flexibility index (Phi) is 4.90. The number of benzene rings is 1. The minimum Gasteiger partial charge on any atom is -0.385 e. The van der Waals surface area contributed by atoms with Gasteiger partial charge in [-0.1, -0.05) is 17.7 Å². The first-order chi connectivity index (χ1) is 8.69. The summed E-state index contributed by atoms with van der Waals surface area (Å²) in [5.74, 6) is 0.801. The maximum Gasteiger partial charge on any atom is 0.0455 e. The van der Waals surface area contributed by atoms with E-state index >= 15 is 0 Å². The molecule has 100 valence electrons. The van der Waals surface area contributed by atoms with E-state index in [-0.39, 0.29) is 0 Å². The van der Waals surface area contributed by atoms with Gasteiger partial charge in [-0.2, -0.15) is 0 Å². The van der Waals surface area contributed by atoms with E-state index in [9.17, 15) is 0 Å². The molecule has 1 saturated carbocycles. The third kappa shape index (κ3) is 3.63. The lowest BCUT2D eigenvalue weighted by atomic mass is 9.86. The summed E-state index contributed by atoms with van der Waals surface area (Å²) in [6, 6.07) is 6.94. The molecular weight excluding hydrogens is 244 g/mol. The summed E-state index contributed by atoms with van der Waals surface area (Å²) >= 11 is 6.12. The van der Waals surface area contributed by atoms with Gasteiger partial charge in [0.05, 0.1) is 0 Å². The van der Waals surface area contributed by atoms with E-state index < -0.39 is 0 Å². The van der Waals surface area contributed by atoms with Crippen LogP contribution in [-0.2, 0) is 0 Å². The summed E-state index contributed by atoms with van der Waals surface area (Å²) in [4.78, 5) is 0. The smallest absolute Gasteiger partial charge is 0.0455 e. The van der Waals surface area contributed by atoms with E-state index in [1.165, 1.54) is 25.7 Å². The van der Waals surface area contributed by atoms with Crippen LogP contribution in [0.4, 0.5) is 5.69 Å². The third-order valence-corrected chi connectivity index (χ3v) is 4.43. The monoisotopic (exact) mass is 266 g/mol. The second-order valence-corrected chi connectivity index (χ2v) is 5.76. The average Bonchev–Trinajstić information content (AvgIpc) is 2.41. The molecule has 0 spiro atoms. The van der Waals surface area contributed by atoms with Gasteiger partial charge in [0.1, 0.15) is 0 Å². The molecule has 1 fully saturated rings. The van der Waals surface area contributed by atoms with Crippen LogP contribution in [0.3, 0.4) is 0 Å². The first kappa shape index (κ1) is 13.7. The zero-order valence-electron chi connectivity index (χ0n) is 11.3. The number of anilines is 1. The number of hydrogen-bond acceptors (Lipinski definition) is 2. The molecule has 3 heteroatoms. The van der Waals surface area contributed by atoms with Gasteiger partial charge < -0.3 is 10.6 Å². The Bertz CT molecular complexity index is 384. The molecule has 0 heterocycles. The molecule has 0 radical (unpaired) electrons. The van der Waals surface area contributed by atoms with Crippen molar-refractivity contribution in [3.63, 3.8) is 0 Å². The van der Waals surface area contributed by atoms with Crippen LogP contribution in [0.2, 0.25) is 5.02 Å². The summed E-state index contributed by atoms with van der Waals surface area (Å²) < 4.78 is 0. The van der Waals surface area contributed by atoms with Crippen molar-refractivity contribution >= 4 is 17.3 Å². The minimum absolute atomic E-state index is 0.732. The fraction of sp³-hybridized carbons (Fsp3) is 0.600. The van der Waals surface area contributed by atoms with Gasteiger partial charge in [-0.25, -0.2) is 0 Å². The van der Waals surface area contributed by atoms with Gasteiger partial charge in [-0.3, -0.25) is 0 Å². The van der Waals surface area contributed by atoms with Crippen molar-refractivity contribution in [3.05, 3.63) is 28.8 Å². The normalized spacial score (nSPS) is 23.9. The molecule has 2 rings (SSSR count). The van der Waals surface area contributed by atoms with Crippen LogP contribution < -0.4 is 10.6 Å². The zero-order valence-corrected chi connectivity index (χ0v) is 12.1. The Hall–Kier alpha value is -0.730. The van der Waals surface area contributed by atoms with E-state index in [0.717, 1.165) is 34.8 Å². The number of nitrogens with one attached hydrogen (secondary N) is 2. The minimum atomic E-state index is 0.732. The molecular formula is C15H23ClN2. The fourth-order valence-electron chi connectivity index (χ4n) is 2.62. The molecule has 2 N–H and O–H groups in total. The summed E-state index contributed by atoms with van der Waals surface area (Å²) in [6.45, 7) is 3.10. The summed E-state index contributed by atoms with van der Waals surface area (Å²) in [7, 11) is 2.07. The van der Waals surface area contributed by atoms with Gasteiger partial charge in [-0.15, -0.1) is 0 Å². The average molecular weight is 267 g/mol. The molecule has 0 saturated heterocycles.